The molecule has 0 bridgehead atoms. The number of carbonyl (C=O) groups is 1. The minimum Gasteiger partial charge on any atom is -0.481 e. The molecule has 0 radical (unpaired) electrons. The summed E-state index contributed by atoms with van der Waals surface area (Å²) in [7, 11) is 0. The highest BCUT2D eigenvalue weighted by Crippen LogP contribution is 2.36. The topological polar surface area (TPSA) is 98.0 Å². The van der Waals surface area contributed by atoms with Crippen LogP contribution in [0.1, 0.15) is 77.6 Å². The van der Waals surface area contributed by atoms with E-state index in [-0.39, 0.29) is 18.3 Å². The normalized spacial score (nSPS) is 27.0. The molecule has 0 heterocycles. The summed E-state index contributed by atoms with van der Waals surface area (Å²) in [6.45, 7) is 2.18. The average Bonchev–Trinajstić information content (AvgIpc) is 2.88. The standard InChI is InChI=1S/C22H38O5/c1-2-3-4-5-6-9-12-18-19(21(25)16-20(18)24)15-14-17(23)11-8-7-10-13-22(26)27/h6,9,14-15,17-21,23-25H,2-5,7-8,10-13,16H2,1H3,(H,26,27)/b9-6-,15-14+/t17-,18-,19+,20+,21-/m0/s1. The Morgan fingerprint density at radius 3 is 2.56 bits per heavy atom. The molecule has 0 spiro atoms. The van der Waals surface area contributed by atoms with Gasteiger partial charge in [-0.15, -0.1) is 0 Å². The van der Waals surface area contributed by atoms with Crippen LogP contribution in [-0.2, 0) is 4.79 Å². The van der Waals surface area contributed by atoms with Crippen molar-refractivity contribution in [2.24, 2.45) is 11.8 Å². The summed E-state index contributed by atoms with van der Waals surface area (Å²) < 4.78 is 0. The van der Waals surface area contributed by atoms with E-state index in [9.17, 15) is 20.1 Å². The first-order valence-electron chi connectivity index (χ1n) is 10.5. The lowest BCUT2D eigenvalue weighted by Crippen LogP contribution is -2.20. The molecule has 27 heavy (non-hydrogen) atoms. The molecule has 0 aromatic heterocycles. The molecule has 1 aliphatic carbocycles. The van der Waals surface area contributed by atoms with Crippen LogP contribution in [0.15, 0.2) is 24.3 Å². The number of allylic oxidation sites excluding steroid dienone is 2. The smallest absolute Gasteiger partial charge is 0.303 e. The van der Waals surface area contributed by atoms with Gasteiger partial charge in [0.2, 0.25) is 0 Å². The molecule has 0 aromatic carbocycles. The van der Waals surface area contributed by atoms with Crippen molar-refractivity contribution < 1.29 is 25.2 Å². The Morgan fingerprint density at radius 2 is 1.85 bits per heavy atom. The Kier molecular flexibility index (Phi) is 12.3. The number of carboxylic acid groups (broad SMARTS) is 1. The van der Waals surface area contributed by atoms with Crippen LogP contribution in [-0.4, -0.2) is 44.7 Å². The lowest BCUT2D eigenvalue weighted by Gasteiger charge is -2.19. The molecule has 0 aromatic rings. The molecule has 5 nitrogen and oxygen atoms in total. The first-order valence-corrected chi connectivity index (χ1v) is 10.5. The maximum absolute atomic E-state index is 10.5. The molecule has 0 aliphatic heterocycles. The molecule has 1 saturated carbocycles. The van der Waals surface area contributed by atoms with Crippen LogP contribution in [0.3, 0.4) is 0 Å². The molecule has 4 N–H and O–H groups in total. The van der Waals surface area contributed by atoms with Gasteiger partial charge in [-0.1, -0.05) is 56.9 Å². The zero-order valence-corrected chi connectivity index (χ0v) is 16.7. The van der Waals surface area contributed by atoms with Gasteiger partial charge in [-0.2, -0.15) is 0 Å². The third-order valence-corrected chi connectivity index (χ3v) is 5.41. The predicted molar refractivity (Wildman–Crippen MR) is 107 cm³/mol. The van der Waals surface area contributed by atoms with Gasteiger partial charge in [0.25, 0.3) is 0 Å². The van der Waals surface area contributed by atoms with Crippen LogP contribution in [0.4, 0.5) is 0 Å². The largest absolute Gasteiger partial charge is 0.481 e. The molecule has 1 rings (SSSR count). The maximum atomic E-state index is 10.5. The summed E-state index contributed by atoms with van der Waals surface area (Å²) in [4.78, 5) is 10.5. The van der Waals surface area contributed by atoms with E-state index >= 15 is 0 Å². The van der Waals surface area contributed by atoms with E-state index in [0.29, 0.717) is 19.3 Å². The summed E-state index contributed by atoms with van der Waals surface area (Å²) in [6.07, 6.45) is 14.9. The van der Waals surface area contributed by atoms with E-state index < -0.39 is 24.3 Å². The fourth-order valence-corrected chi connectivity index (χ4v) is 3.75. The van der Waals surface area contributed by atoms with Crippen molar-refractivity contribution >= 4 is 5.97 Å². The molecule has 5 atom stereocenters. The third-order valence-electron chi connectivity index (χ3n) is 5.41. The minimum atomic E-state index is -0.783. The van der Waals surface area contributed by atoms with Crippen LogP contribution in [0.2, 0.25) is 0 Å². The van der Waals surface area contributed by atoms with Crippen LogP contribution in [0.5, 0.6) is 0 Å². The Bertz CT molecular complexity index is 460. The number of aliphatic hydroxyl groups excluding tert-OH is 3. The zero-order valence-electron chi connectivity index (χ0n) is 16.7. The quantitative estimate of drug-likeness (QED) is 0.270. The van der Waals surface area contributed by atoms with Crippen LogP contribution >= 0.6 is 0 Å². The van der Waals surface area contributed by atoms with E-state index in [2.05, 4.69) is 19.1 Å². The number of rotatable bonds is 14. The van der Waals surface area contributed by atoms with Crippen LogP contribution < -0.4 is 0 Å². The molecule has 5 heteroatoms. The van der Waals surface area contributed by atoms with Gasteiger partial charge >= 0.3 is 5.97 Å². The fraction of sp³-hybridized carbons (Fsp3) is 0.773. The number of aliphatic hydroxyl groups is 3. The number of unbranched alkanes of at least 4 members (excludes halogenated alkanes) is 5. The van der Waals surface area contributed by atoms with E-state index in [1.165, 1.54) is 19.3 Å². The maximum Gasteiger partial charge on any atom is 0.303 e. The molecule has 156 valence electrons. The van der Waals surface area contributed by atoms with Gasteiger partial charge < -0.3 is 20.4 Å². The number of hydrogen-bond donors (Lipinski definition) is 4. The van der Waals surface area contributed by atoms with E-state index in [1.54, 1.807) is 6.08 Å². The van der Waals surface area contributed by atoms with Gasteiger partial charge in [-0.3, -0.25) is 4.79 Å². The highest BCUT2D eigenvalue weighted by Gasteiger charge is 2.39. The number of carboxylic acids is 1. The van der Waals surface area contributed by atoms with Crippen molar-refractivity contribution in [2.45, 2.75) is 95.9 Å². The Labute approximate surface area is 163 Å². The molecule has 1 fully saturated rings. The molecule has 1 aliphatic rings. The summed E-state index contributed by atoms with van der Waals surface area (Å²) >= 11 is 0. The monoisotopic (exact) mass is 382 g/mol. The van der Waals surface area contributed by atoms with Crippen molar-refractivity contribution in [3.63, 3.8) is 0 Å². The van der Waals surface area contributed by atoms with Gasteiger partial charge in [0.1, 0.15) is 0 Å². The van der Waals surface area contributed by atoms with E-state index in [4.69, 9.17) is 5.11 Å². The molecule has 0 saturated heterocycles. The van der Waals surface area contributed by atoms with Crippen molar-refractivity contribution in [2.75, 3.05) is 0 Å². The van der Waals surface area contributed by atoms with Gasteiger partial charge in [0.05, 0.1) is 18.3 Å². The highest BCUT2D eigenvalue weighted by molar-refractivity contribution is 5.66. The predicted octanol–water partition coefficient (Wildman–Crippen LogP) is 3.82. The van der Waals surface area contributed by atoms with Crippen LogP contribution in [0, 0.1) is 11.8 Å². The lowest BCUT2D eigenvalue weighted by atomic mass is 9.89. The fourth-order valence-electron chi connectivity index (χ4n) is 3.75. The number of hydrogen-bond acceptors (Lipinski definition) is 4. The van der Waals surface area contributed by atoms with Crippen molar-refractivity contribution in [3.8, 4) is 0 Å². The lowest BCUT2D eigenvalue weighted by molar-refractivity contribution is -0.137. The SMILES string of the molecule is CCCCC/C=C\C[C@H]1[C@@H](/C=C/[C@@H](O)CCCCCC(=O)O)[C@@H](O)C[C@H]1O. The average molecular weight is 383 g/mol. The summed E-state index contributed by atoms with van der Waals surface area (Å²) in [5, 5.41) is 39.2. The Morgan fingerprint density at radius 1 is 1.07 bits per heavy atom. The van der Waals surface area contributed by atoms with Gasteiger partial charge in [-0.05, 0) is 38.0 Å². The second-order valence-corrected chi connectivity index (χ2v) is 7.76. The van der Waals surface area contributed by atoms with Gasteiger partial charge in [0.15, 0.2) is 0 Å². The summed E-state index contributed by atoms with van der Waals surface area (Å²) in [6, 6.07) is 0. The Balaban J connectivity index is 2.39. The van der Waals surface area contributed by atoms with Gasteiger partial charge in [0, 0.05) is 18.8 Å². The van der Waals surface area contributed by atoms with Gasteiger partial charge in [-0.25, -0.2) is 0 Å². The van der Waals surface area contributed by atoms with Crippen molar-refractivity contribution in [1.82, 2.24) is 0 Å². The first-order chi connectivity index (χ1) is 13.0. The van der Waals surface area contributed by atoms with Crippen molar-refractivity contribution in [3.05, 3.63) is 24.3 Å². The summed E-state index contributed by atoms with van der Waals surface area (Å²) in [5.74, 6) is -0.932. The molecule has 0 amide bonds. The first kappa shape index (κ1) is 23.9. The van der Waals surface area contributed by atoms with Crippen LogP contribution in [0.25, 0.3) is 0 Å². The minimum absolute atomic E-state index is 0.0126. The highest BCUT2D eigenvalue weighted by atomic mass is 16.4. The third kappa shape index (κ3) is 10.1. The molecular formula is C22H38O5. The second-order valence-electron chi connectivity index (χ2n) is 7.76. The zero-order chi connectivity index (χ0) is 20.1. The Hall–Kier alpha value is -1.17. The van der Waals surface area contributed by atoms with E-state index in [0.717, 1.165) is 25.7 Å². The second kappa shape index (κ2) is 13.9. The van der Waals surface area contributed by atoms with E-state index in [1.807, 2.05) is 6.08 Å². The molecular weight excluding hydrogens is 344 g/mol. The number of aliphatic carboxylic acids is 1. The molecule has 0 unspecified atom stereocenters. The summed E-state index contributed by atoms with van der Waals surface area (Å²) in [5.41, 5.74) is 0. The van der Waals surface area contributed by atoms with Crippen molar-refractivity contribution in [1.29, 1.82) is 0 Å².